The second-order valence-corrected chi connectivity index (χ2v) is 4.73. The largest absolute Gasteiger partial charge is 0.497 e. The van der Waals surface area contributed by atoms with Crippen molar-refractivity contribution >= 4 is 11.4 Å². The summed E-state index contributed by atoms with van der Waals surface area (Å²) >= 11 is 0. The van der Waals surface area contributed by atoms with E-state index in [1.807, 2.05) is 12.1 Å². The quantitative estimate of drug-likeness (QED) is 0.858. The summed E-state index contributed by atoms with van der Waals surface area (Å²) in [4.78, 5) is 0. The van der Waals surface area contributed by atoms with Crippen LogP contribution in [0.1, 0.15) is 18.0 Å². The molecule has 2 N–H and O–H groups in total. The summed E-state index contributed by atoms with van der Waals surface area (Å²) in [5.41, 5.74) is 3.60. The molecule has 0 saturated carbocycles. The Balaban J connectivity index is 1.89. The summed E-state index contributed by atoms with van der Waals surface area (Å²) in [6, 6.07) is 16.9. The first kappa shape index (κ1) is 11.9. The molecule has 98 valence electrons. The number of methoxy groups -OCH3 is 1. The Kier molecular flexibility index (Phi) is 3.27. The highest BCUT2D eigenvalue weighted by Gasteiger charge is 2.16. The molecule has 2 aromatic rings. The molecular weight excluding hydrogens is 236 g/mol. The molecule has 0 spiro atoms. The minimum atomic E-state index is 0.311. The Hall–Kier alpha value is -2.16. The van der Waals surface area contributed by atoms with Crippen LogP contribution in [0.25, 0.3) is 0 Å². The lowest BCUT2D eigenvalue weighted by Gasteiger charge is -2.18. The molecule has 0 bridgehead atoms. The van der Waals surface area contributed by atoms with E-state index in [9.17, 15) is 0 Å². The van der Waals surface area contributed by atoms with Crippen LogP contribution < -0.4 is 15.4 Å². The number of nitrogens with one attached hydrogen (secondary N) is 2. The van der Waals surface area contributed by atoms with Crippen LogP contribution in [0, 0.1) is 0 Å². The van der Waals surface area contributed by atoms with Gasteiger partial charge in [0.25, 0.3) is 0 Å². The molecule has 0 saturated heterocycles. The second kappa shape index (κ2) is 5.22. The van der Waals surface area contributed by atoms with Crippen LogP contribution in [0.5, 0.6) is 5.75 Å². The average Bonchev–Trinajstić information content (AvgIpc) is 2.69. The monoisotopic (exact) mass is 254 g/mol. The number of hydrogen-bond acceptors (Lipinski definition) is 3. The van der Waals surface area contributed by atoms with Crippen molar-refractivity contribution in [3.05, 3.63) is 54.1 Å². The van der Waals surface area contributed by atoms with E-state index in [0.29, 0.717) is 6.04 Å². The van der Waals surface area contributed by atoms with Crippen LogP contribution in [0.4, 0.5) is 11.4 Å². The first-order chi connectivity index (χ1) is 9.36. The van der Waals surface area contributed by atoms with Crippen molar-refractivity contribution in [3.63, 3.8) is 0 Å². The molecule has 0 fully saturated rings. The number of anilines is 2. The van der Waals surface area contributed by atoms with Crippen molar-refractivity contribution in [2.24, 2.45) is 0 Å². The number of benzene rings is 2. The third-order valence-corrected chi connectivity index (χ3v) is 3.50. The molecule has 0 aliphatic carbocycles. The average molecular weight is 254 g/mol. The molecule has 1 heterocycles. The number of hydrogen-bond donors (Lipinski definition) is 2. The first-order valence-electron chi connectivity index (χ1n) is 6.60. The summed E-state index contributed by atoms with van der Waals surface area (Å²) in [5.74, 6) is 0.907. The highest BCUT2D eigenvalue weighted by atomic mass is 16.5. The van der Waals surface area contributed by atoms with Gasteiger partial charge in [0.2, 0.25) is 0 Å². The van der Waals surface area contributed by atoms with E-state index < -0.39 is 0 Å². The molecule has 2 aromatic carbocycles. The summed E-state index contributed by atoms with van der Waals surface area (Å²) < 4.78 is 5.30. The van der Waals surface area contributed by atoms with Gasteiger partial charge in [0, 0.05) is 6.54 Å². The van der Waals surface area contributed by atoms with Crippen LogP contribution in [0.2, 0.25) is 0 Å². The van der Waals surface area contributed by atoms with Crippen LogP contribution in [0.3, 0.4) is 0 Å². The zero-order chi connectivity index (χ0) is 13.1. The van der Waals surface area contributed by atoms with Crippen LogP contribution in [-0.2, 0) is 0 Å². The summed E-state index contributed by atoms with van der Waals surface area (Å²) in [6.45, 7) is 0.964. The number of para-hydroxylation sites is 2. The predicted molar refractivity (Wildman–Crippen MR) is 78.9 cm³/mol. The Labute approximate surface area is 113 Å². The van der Waals surface area contributed by atoms with Gasteiger partial charge in [0.05, 0.1) is 24.5 Å². The fourth-order valence-electron chi connectivity index (χ4n) is 2.48. The van der Waals surface area contributed by atoms with Crippen LogP contribution in [-0.4, -0.2) is 13.7 Å². The molecule has 1 unspecified atom stereocenters. The summed E-state index contributed by atoms with van der Waals surface area (Å²) in [5, 5.41) is 7.07. The minimum Gasteiger partial charge on any atom is -0.497 e. The van der Waals surface area contributed by atoms with Gasteiger partial charge in [0.15, 0.2) is 0 Å². The molecule has 19 heavy (non-hydrogen) atoms. The lowest BCUT2D eigenvalue weighted by Crippen LogP contribution is -2.11. The predicted octanol–water partition coefficient (Wildman–Crippen LogP) is 3.66. The van der Waals surface area contributed by atoms with Crippen molar-refractivity contribution in [1.29, 1.82) is 0 Å². The van der Waals surface area contributed by atoms with Gasteiger partial charge in [-0.05, 0) is 36.2 Å². The van der Waals surface area contributed by atoms with E-state index in [2.05, 4.69) is 47.0 Å². The summed E-state index contributed by atoms with van der Waals surface area (Å²) in [7, 11) is 1.70. The molecule has 1 aliphatic rings. The van der Waals surface area contributed by atoms with E-state index in [0.717, 1.165) is 24.4 Å². The van der Waals surface area contributed by atoms with E-state index in [4.69, 9.17) is 4.74 Å². The lowest BCUT2D eigenvalue weighted by atomic mass is 10.0. The third kappa shape index (κ3) is 2.50. The van der Waals surface area contributed by atoms with E-state index >= 15 is 0 Å². The van der Waals surface area contributed by atoms with Crippen LogP contribution in [0.15, 0.2) is 48.5 Å². The van der Waals surface area contributed by atoms with Gasteiger partial charge in [-0.1, -0.05) is 24.3 Å². The zero-order valence-electron chi connectivity index (χ0n) is 11.0. The molecule has 3 heteroatoms. The van der Waals surface area contributed by atoms with Crippen molar-refractivity contribution < 1.29 is 4.74 Å². The smallest absolute Gasteiger partial charge is 0.119 e. The van der Waals surface area contributed by atoms with Crippen molar-refractivity contribution in [3.8, 4) is 5.75 Å². The van der Waals surface area contributed by atoms with Gasteiger partial charge < -0.3 is 15.4 Å². The second-order valence-electron chi connectivity index (χ2n) is 4.73. The molecule has 0 amide bonds. The number of rotatable bonds is 2. The van der Waals surface area contributed by atoms with Crippen LogP contribution >= 0.6 is 0 Å². The minimum absolute atomic E-state index is 0.311. The fraction of sp³-hybridized carbons (Fsp3) is 0.250. The molecule has 0 radical (unpaired) electrons. The Morgan fingerprint density at radius 1 is 1.05 bits per heavy atom. The first-order valence-corrected chi connectivity index (χ1v) is 6.60. The van der Waals surface area contributed by atoms with Gasteiger partial charge in [0.1, 0.15) is 5.75 Å². The fourth-order valence-corrected chi connectivity index (χ4v) is 2.48. The molecule has 3 nitrogen and oxygen atoms in total. The number of fused-ring (bicyclic) bond motifs is 1. The van der Waals surface area contributed by atoms with Crippen molar-refractivity contribution in [2.75, 3.05) is 24.3 Å². The van der Waals surface area contributed by atoms with Gasteiger partial charge in [-0.25, -0.2) is 0 Å². The number of ether oxygens (including phenoxy) is 1. The zero-order valence-corrected chi connectivity index (χ0v) is 11.0. The Bertz CT molecular complexity index is 568. The molecule has 1 aliphatic heterocycles. The molecule has 1 atom stereocenters. The molecule has 0 aromatic heterocycles. The highest BCUT2D eigenvalue weighted by molar-refractivity contribution is 5.70. The van der Waals surface area contributed by atoms with Crippen molar-refractivity contribution in [2.45, 2.75) is 12.5 Å². The maximum atomic E-state index is 5.30. The molecule has 3 rings (SSSR count). The molecular formula is C16H18N2O. The Morgan fingerprint density at radius 3 is 2.74 bits per heavy atom. The van der Waals surface area contributed by atoms with Gasteiger partial charge in [-0.3, -0.25) is 0 Å². The summed E-state index contributed by atoms with van der Waals surface area (Å²) in [6.07, 6.45) is 1.04. The van der Waals surface area contributed by atoms with Gasteiger partial charge in [-0.2, -0.15) is 0 Å². The maximum Gasteiger partial charge on any atom is 0.119 e. The van der Waals surface area contributed by atoms with Gasteiger partial charge >= 0.3 is 0 Å². The topological polar surface area (TPSA) is 33.3 Å². The van der Waals surface area contributed by atoms with E-state index in [1.54, 1.807) is 7.11 Å². The van der Waals surface area contributed by atoms with Crippen molar-refractivity contribution in [1.82, 2.24) is 0 Å². The SMILES string of the molecule is COc1cccc(C2CCNc3ccccc3N2)c1. The van der Waals surface area contributed by atoms with E-state index in [-0.39, 0.29) is 0 Å². The third-order valence-electron chi connectivity index (χ3n) is 3.50. The lowest BCUT2D eigenvalue weighted by molar-refractivity contribution is 0.414. The normalized spacial score (nSPS) is 17.6. The highest BCUT2D eigenvalue weighted by Crippen LogP contribution is 2.32. The maximum absolute atomic E-state index is 5.30. The van der Waals surface area contributed by atoms with Gasteiger partial charge in [-0.15, -0.1) is 0 Å². The van der Waals surface area contributed by atoms with E-state index in [1.165, 1.54) is 11.3 Å². The standard InChI is InChI=1S/C16H18N2O/c1-19-13-6-4-5-12(11-13)14-9-10-17-15-7-2-3-8-16(15)18-14/h2-8,11,14,17-18H,9-10H2,1H3. The Morgan fingerprint density at radius 2 is 1.89 bits per heavy atom.